The van der Waals surface area contributed by atoms with Gasteiger partial charge in [-0.2, -0.15) is 5.10 Å². The summed E-state index contributed by atoms with van der Waals surface area (Å²) in [6.07, 6.45) is 3.00. The number of aromatic amines is 1. The van der Waals surface area contributed by atoms with Crippen LogP contribution in [0.25, 0.3) is 16.8 Å². The minimum atomic E-state index is -0.859. The van der Waals surface area contributed by atoms with E-state index in [-0.39, 0.29) is 23.6 Å². The van der Waals surface area contributed by atoms with Crippen molar-refractivity contribution in [2.24, 2.45) is 11.8 Å². The third-order valence-electron chi connectivity index (χ3n) is 6.40. The van der Waals surface area contributed by atoms with Crippen LogP contribution in [0.3, 0.4) is 0 Å². The summed E-state index contributed by atoms with van der Waals surface area (Å²) in [6, 6.07) is 9.23. The number of rotatable bonds is 6. The molecule has 1 N–H and O–H groups in total. The second-order valence-electron chi connectivity index (χ2n) is 8.71. The van der Waals surface area contributed by atoms with Crippen molar-refractivity contribution in [3.05, 3.63) is 64.3 Å². The molecular formula is C24H24F2N4O3. The van der Waals surface area contributed by atoms with Gasteiger partial charge < -0.3 is 9.64 Å². The molecule has 9 heteroatoms. The second-order valence-corrected chi connectivity index (χ2v) is 8.71. The zero-order valence-electron chi connectivity index (χ0n) is 18.2. The van der Waals surface area contributed by atoms with Crippen molar-refractivity contribution in [1.29, 1.82) is 0 Å². The highest BCUT2D eigenvalue weighted by molar-refractivity contribution is 5.81. The number of hydrogen-bond acceptors (Lipinski definition) is 4. The van der Waals surface area contributed by atoms with Gasteiger partial charge in [0.2, 0.25) is 5.91 Å². The molecule has 33 heavy (non-hydrogen) atoms. The maximum absolute atomic E-state index is 15.1. The fourth-order valence-electron chi connectivity index (χ4n) is 4.47. The number of nitrogens with one attached hydrogen (secondary N) is 1. The predicted molar refractivity (Wildman–Crippen MR) is 117 cm³/mol. The molecule has 1 atom stereocenters. The summed E-state index contributed by atoms with van der Waals surface area (Å²) in [5, 5.41) is 6.34. The van der Waals surface area contributed by atoms with E-state index in [0.717, 1.165) is 23.8 Å². The van der Waals surface area contributed by atoms with E-state index in [1.54, 1.807) is 24.3 Å². The maximum atomic E-state index is 15.1. The molecule has 3 aromatic rings. The van der Waals surface area contributed by atoms with E-state index in [1.165, 1.54) is 19.2 Å². The van der Waals surface area contributed by atoms with Gasteiger partial charge in [-0.1, -0.05) is 12.1 Å². The molecule has 0 bridgehead atoms. The summed E-state index contributed by atoms with van der Waals surface area (Å²) in [5.41, 5.74) is -0.195. The minimum Gasteiger partial charge on any atom is -0.497 e. The van der Waals surface area contributed by atoms with E-state index in [1.807, 2.05) is 4.90 Å². The van der Waals surface area contributed by atoms with Crippen LogP contribution in [0.15, 0.2) is 41.2 Å². The highest BCUT2D eigenvalue weighted by Gasteiger charge is 2.37. The van der Waals surface area contributed by atoms with Crippen molar-refractivity contribution in [3.63, 3.8) is 0 Å². The average molecular weight is 454 g/mol. The first-order chi connectivity index (χ1) is 15.9. The minimum absolute atomic E-state index is 0.0753. The molecular weight excluding hydrogens is 430 g/mol. The molecule has 1 unspecified atom stereocenters. The first kappa shape index (κ1) is 21.4. The maximum Gasteiger partial charge on any atom is 0.348 e. The lowest BCUT2D eigenvalue weighted by Crippen LogP contribution is -2.30. The van der Waals surface area contributed by atoms with Crippen LogP contribution in [0.4, 0.5) is 8.78 Å². The Kier molecular flexibility index (Phi) is 5.47. The van der Waals surface area contributed by atoms with E-state index >= 15 is 8.78 Å². The Balaban J connectivity index is 1.41. The van der Waals surface area contributed by atoms with Crippen LogP contribution in [0.1, 0.15) is 25.1 Å². The molecule has 7 nitrogen and oxygen atoms in total. The molecule has 0 radical (unpaired) electrons. The van der Waals surface area contributed by atoms with Gasteiger partial charge in [0.05, 0.1) is 7.11 Å². The van der Waals surface area contributed by atoms with E-state index < -0.39 is 23.0 Å². The van der Waals surface area contributed by atoms with Crippen LogP contribution in [-0.2, 0) is 11.2 Å². The number of carbonyl (C=O) groups is 1. The lowest BCUT2D eigenvalue weighted by molar-refractivity contribution is -0.131. The highest BCUT2D eigenvalue weighted by Crippen LogP contribution is 2.33. The number of methoxy groups -OCH3 is 1. The topological polar surface area (TPSA) is 80.2 Å². The number of aromatic nitrogens is 3. The number of amides is 1. The standard InChI is InChI=1S/C24H24F2N4O3/c1-33-18-6-4-15(5-7-18)17-11-19(25)22(20(26)12-17)30-21(27-28-24(30)32)10-14-8-9-29(13-14)23(31)16-2-3-16/h4-7,11-12,14,16H,2-3,8-10,13H2,1H3,(H,28,32). The lowest BCUT2D eigenvalue weighted by atomic mass is 10.0. The summed E-state index contributed by atoms with van der Waals surface area (Å²) >= 11 is 0. The lowest BCUT2D eigenvalue weighted by Gasteiger charge is -2.16. The molecule has 2 heterocycles. The molecule has 2 aromatic carbocycles. The number of halogens is 2. The van der Waals surface area contributed by atoms with E-state index in [4.69, 9.17) is 4.74 Å². The molecule has 1 amide bonds. The molecule has 172 valence electrons. The van der Waals surface area contributed by atoms with Crippen LogP contribution in [0, 0.1) is 23.5 Å². The number of likely N-dealkylation sites (tertiary alicyclic amines) is 1. The van der Waals surface area contributed by atoms with Gasteiger partial charge in [0, 0.05) is 25.4 Å². The normalized spacial score (nSPS) is 18.0. The average Bonchev–Trinajstić information content (AvgIpc) is 3.47. The molecule has 1 saturated heterocycles. The predicted octanol–water partition coefficient (Wildman–Crippen LogP) is 3.32. The Morgan fingerprint density at radius 3 is 2.45 bits per heavy atom. The van der Waals surface area contributed by atoms with Crippen molar-refractivity contribution in [2.45, 2.75) is 25.7 Å². The van der Waals surface area contributed by atoms with Crippen LogP contribution < -0.4 is 10.4 Å². The van der Waals surface area contributed by atoms with Crippen molar-refractivity contribution in [2.75, 3.05) is 20.2 Å². The van der Waals surface area contributed by atoms with E-state index in [0.29, 0.717) is 36.4 Å². The molecule has 0 spiro atoms. The Morgan fingerprint density at radius 2 is 1.82 bits per heavy atom. The monoisotopic (exact) mass is 454 g/mol. The van der Waals surface area contributed by atoms with Crippen LogP contribution in [-0.4, -0.2) is 45.8 Å². The second kappa shape index (κ2) is 8.46. The van der Waals surface area contributed by atoms with E-state index in [2.05, 4.69) is 10.2 Å². The SMILES string of the molecule is COc1ccc(-c2cc(F)c(-n3c(CC4CCN(C(=O)C5CC5)C4)n[nH]c3=O)c(F)c2)cc1. The molecule has 2 aliphatic rings. The third kappa shape index (κ3) is 4.15. The summed E-state index contributed by atoms with van der Waals surface area (Å²) in [5.74, 6) is -0.421. The zero-order chi connectivity index (χ0) is 23.1. The summed E-state index contributed by atoms with van der Waals surface area (Å²) in [4.78, 5) is 26.6. The van der Waals surface area contributed by atoms with Crippen molar-refractivity contribution in [1.82, 2.24) is 19.7 Å². The molecule has 1 saturated carbocycles. The third-order valence-corrected chi connectivity index (χ3v) is 6.40. The number of H-pyrrole nitrogens is 1. The zero-order valence-corrected chi connectivity index (χ0v) is 18.2. The number of carbonyl (C=O) groups excluding carboxylic acids is 1. The summed E-state index contributed by atoms with van der Waals surface area (Å²) < 4.78 is 36.3. The smallest absolute Gasteiger partial charge is 0.348 e. The Hall–Kier alpha value is -3.49. The number of benzene rings is 2. The number of hydrogen-bond donors (Lipinski definition) is 1. The van der Waals surface area contributed by atoms with Crippen LogP contribution >= 0.6 is 0 Å². The van der Waals surface area contributed by atoms with Gasteiger partial charge in [-0.3, -0.25) is 4.79 Å². The Bertz CT molecular complexity index is 1220. The first-order valence-corrected chi connectivity index (χ1v) is 11.0. The van der Waals surface area contributed by atoms with Gasteiger partial charge >= 0.3 is 5.69 Å². The van der Waals surface area contributed by atoms with E-state index in [9.17, 15) is 9.59 Å². The van der Waals surface area contributed by atoms with Crippen LogP contribution in [0.5, 0.6) is 5.75 Å². The number of nitrogens with zero attached hydrogens (tertiary/aromatic N) is 3. The fourth-order valence-corrected chi connectivity index (χ4v) is 4.47. The summed E-state index contributed by atoms with van der Waals surface area (Å²) in [7, 11) is 1.54. The highest BCUT2D eigenvalue weighted by atomic mass is 19.1. The Labute approximate surface area is 189 Å². The van der Waals surface area contributed by atoms with Crippen molar-refractivity contribution < 1.29 is 18.3 Å². The molecule has 5 rings (SSSR count). The largest absolute Gasteiger partial charge is 0.497 e. The van der Waals surface area contributed by atoms with Gasteiger partial charge in [0.1, 0.15) is 17.3 Å². The molecule has 2 fully saturated rings. The fraction of sp³-hybridized carbons (Fsp3) is 0.375. The van der Waals surface area contributed by atoms with Gasteiger partial charge in [-0.05, 0) is 60.6 Å². The quantitative estimate of drug-likeness (QED) is 0.620. The Morgan fingerprint density at radius 1 is 1.12 bits per heavy atom. The van der Waals surface area contributed by atoms with Gasteiger partial charge in [-0.25, -0.2) is 23.2 Å². The molecule has 1 aliphatic carbocycles. The van der Waals surface area contributed by atoms with Crippen molar-refractivity contribution in [3.8, 4) is 22.6 Å². The summed E-state index contributed by atoms with van der Waals surface area (Å²) in [6.45, 7) is 1.23. The van der Waals surface area contributed by atoms with Gasteiger partial charge in [-0.15, -0.1) is 0 Å². The molecule has 1 aromatic heterocycles. The first-order valence-electron chi connectivity index (χ1n) is 11.0. The molecule has 1 aliphatic heterocycles. The van der Waals surface area contributed by atoms with Gasteiger partial charge in [0.15, 0.2) is 11.6 Å². The van der Waals surface area contributed by atoms with Crippen molar-refractivity contribution >= 4 is 5.91 Å². The van der Waals surface area contributed by atoms with Crippen LogP contribution in [0.2, 0.25) is 0 Å². The van der Waals surface area contributed by atoms with Gasteiger partial charge in [0.25, 0.3) is 0 Å². The number of ether oxygens (including phenoxy) is 1.